The number of unbranched alkanes of at least 4 members (excludes halogenated alkanes) is 1. The number of thioether (sulfide) groups is 1. The molecule has 1 atom stereocenters. The first kappa shape index (κ1) is 23.7. The standard InChI is InChI=1S/C27H26FN3O2S/c1-19(20-10-3-2-4-11-20)29-25(32)16-7-8-17-34-27-30-24-15-6-5-14-23(24)26(33)31(27)22-13-9-12-21(28)18-22/h2-6,9-15,18-19H,7-8,16-17H2,1H3,(H,29,32). The molecule has 7 heteroatoms. The van der Waals surface area contributed by atoms with Crippen LogP contribution in [-0.2, 0) is 4.79 Å². The molecule has 34 heavy (non-hydrogen) atoms. The van der Waals surface area contributed by atoms with Crippen molar-refractivity contribution >= 4 is 28.6 Å². The van der Waals surface area contributed by atoms with Gasteiger partial charge in [0.15, 0.2) is 5.16 Å². The van der Waals surface area contributed by atoms with Crippen molar-refractivity contribution < 1.29 is 9.18 Å². The predicted octanol–water partition coefficient (Wildman–Crippen LogP) is 5.66. The molecule has 4 rings (SSSR count). The molecule has 0 radical (unpaired) electrons. The molecule has 1 amide bonds. The quantitative estimate of drug-likeness (QED) is 0.193. The number of hydrogen-bond donors (Lipinski definition) is 1. The van der Waals surface area contributed by atoms with E-state index in [-0.39, 0.29) is 17.5 Å². The summed E-state index contributed by atoms with van der Waals surface area (Å²) in [5, 5.41) is 4.03. The molecule has 174 valence electrons. The number of amides is 1. The normalized spacial score (nSPS) is 11.9. The second-order valence-electron chi connectivity index (χ2n) is 8.04. The van der Waals surface area contributed by atoms with Crippen LogP contribution < -0.4 is 10.9 Å². The lowest BCUT2D eigenvalue weighted by Crippen LogP contribution is -2.26. The Kier molecular flexibility index (Phi) is 7.75. The lowest BCUT2D eigenvalue weighted by molar-refractivity contribution is -0.121. The lowest BCUT2D eigenvalue weighted by atomic mass is 10.1. The molecule has 0 saturated carbocycles. The topological polar surface area (TPSA) is 64.0 Å². The van der Waals surface area contributed by atoms with Crippen molar-refractivity contribution in [3.63, 3.8) is 0 Å². The molecule has 0 saturated heterocycles. The van der Waals surface area contributed by atoms with E-state index in [0.717, 1.165) is 18.4 Å². The van der Waals surface area contributed by atoms with Gasteiger partial charge in [0.25, 0.3) is 5.56 Å². The molecular formula is C27H26FN3O2S. The number of benzene rings is 3. The lowest BCUT2D eigenvalue weighted by Gasteiger charge is -2.14. The SMILES string of the molecule is CC(NC(=O)CCCCSc1nc2ccccc2c(=O)n1-c1cccc(F)c1)c1ccccc1. The highest BCUT2D eigenvalue weighted by Crippen LogP contribution is 2.23. The average Bonchev–Trinajstić information content (AvgIpc) is 2.84. The van der Waals surface area contributed by atoms with Crippen LogP contribution in [0.4, 0.5) is 4.39 Å². The molecular weight excluding hydrogens is 449 g/mol. The summed E-state index contributed by atoms with van der Waals surface area (Å²) in [5.74, 6) is 0.285. The second-order valence-corrected chi connectivity index (χ2v) is 9.10. The van der Waals surface area contributed by atoms with E-state index in [0.29, 0.717) is 33.9 Å². The van der Waals surface area contributed by atoms with Crippen LogP contribution >= 0.6 is 11.8 Å². The number of halogens is 1. The maximum absolute atomic E-state index is 13.9. The molecule has 0 aliphatic heterocycles. The van der Waals surface area contributed by atoms with Gasteiger partial charge in [-0.05, 0) is 55.7 Å². The summed E-state index contributed by atoms with van der Waals surface area (Å²) in [6.07, 6.45) is 1.93. The number of carbonyl (C=O) groups excluding carboxylic acids is 1. The van der Waals surface area contributed by atoms with Gasteiger partial charge in [-0.15, -0.1) is 0 Å². The zero-order valence-electron chi connectivity index (χ0n) is 18.9. The molecule has 1 aromatic heterocycles. The van der Waals surface area contributed by atoms with Crippen LogP contribution in [0.2, 0.25) is 0 Å². The number of carbonyl (C=O) groups is 1. The van der Waals surface area contributed by atoms with Crippen molar-refractivity contribution in [2.24, 2.45) is 0 Å². The van der Waals surface area contributed by atoms with Gasteiger partial charge in [-0.3, -0.25) is 14.2 Å². The van der Waals surface area contributed by atoms with Gasteiger partial charge in [-0.25, -0.2) is 9.37 Å². The van der Waals surface area contributed by atoms with Crippen molar-refractivity contribution in [3.05, 3.63) is 101 Å². The molecule has 0 fully saturated rings. The van der Waals surface area contributed by atoms with E-state index in [9.17, 15) is 14.0 Å². The average molecular weight is 476 g/mol. The molecule has 1 heterocycles. The van der Waals surface area contributed by atoms with E-state index in [2.05, 4.69) is 10.3 Å². The number of aromatic nitrogens is 2. The Bertz CT molecular complexity index is 1340. The van der Waals surface area contributed by atoms with E-state index < -0.39 is 5.82 Å². The molecule has 0 bridgehead atoms. The third kappa shape index (κ3) is 5.72. The van der Waals surface area contributed by atoms with E-state index in [4.69, 9.17) is 0 Å². The smallest absolute Gasteiger partial charge is 0.266 e. The van der Waals surface area contributed by atoms with Crippen LogP contribution in [0.3, 0.4) is 0 Å². The van der Waals surface area contributed by atoms with Crippen molar-refractivity contribution in [2.45, 2.75) is 37.4 Å². The van der Waals surface area contributed by atoms with Gasteiger partial charge >= 0.3 is 0 Å². The van der Waals surface area contributed by atoms with E-state index in [1.165, 1.54) is 28.5 Å². The Morgan fingerprint density at radius 2 is 1.79 bits per heavy atom. The molecule has 1 N–H and O–H groups in total. The van der Waals surface area contributed by atoms with E-state index in [1.54, 1.807) is 30.3 Å². The van der Waals surface area contributed by atoms with E-state index in [1.807, 2.05) is 43.3 Å². The largest absolute Gasteiger partial charge is 0.350 e. The third-order valence-corrected chi connectivity index (χ3v) is 6.54. The van der Waals surface area contributed by atoms with Gasteiger partial charge < -0.3 is 5.32 Å². The fraction of sp³-hybridized carbons (Fsp3) is 0.222. The predicted molar refractivity (Wildman–Crippen MR) is 135 cm³/mol. The fourth-order valence-electron chi connectivity index (χ4n) is 3.74. The summed E-state index contributed by atoms with van der Waals surface area (Å²) in [4.78, 5) is 30.2. The van der Waals surface area contributed by atoms with Gasteiger partial charge in [0, 0.05) is 12.2 Å². The highest BCUT2D eigenvalue weighted by molar-refractivity contribution is 7.99. The number of fused-ring (bicyclic) bond motifs is 1. The van der Waals surface area contributed by atoms with Crippen LogP contribution in [0.5, 0.6) is 0 Å². The summed E-state index contributed by atoms with van der Waals surface area (Å²) < 4.78 is 15.3. The number of nitrogens with zero attached hydrogens (tertiary/aromatic N) is 2. The number of para-hydroxylation sites is 1. The fourth-order valence-corrected chi connectivity index (χ4v) is 4.75. The molecule has 0 spiro atoms. The van der Waals surface area contributed by atoms with E-state index >= 15 is 0 Å². The van der Waals surface area contributed by atoms with Crippen LogP contribution in [0.1, 0.15) is 37.8 Å². The molecule has 0 aliphatic carbocycles. The van der Waals surface area contributed by atoms with Crippen molar-refractivity contribution in [3.8, 4) is 5.69 Å². The second kappa shape index (κ2) is 11.1. The minimum Gasteiger partial charge on any atom is -0.350 e. The Morgan fingerprint density at radius 3 is 2.59 bits per heavy atom. The number of hydrogen-bond acceptors (Lipinski definition) is 4. The zero-order valence-corrected chi connectivity index (χ0v) is 19.7. The van der Waals surface area contributed by atoms with Gasteiger partial charge in [0.05, 0.1) is 22.6 Å². The third-order valence-electron chi connectivity index (χ3n) is 5.52. The van der Waals surface area contributed by atoms with Gasteiger partial charge in [-0.1, -0.05) is 60.3 Å². The van der Waals surface area contributed by atoms with Crippen molar-refractivity contribution in [1.29, 1.82) is 0 Å². The summed E-state index contributed by atoms with van der Waals surface area (Å²) in [5.41, 5.74) is 1.90. The maximum atomic E-state index is 13.9. The summed E-state index contributed by atoms with van der Waals surface area (Å²) in [6, 6.07) is 22.9. The minimum atomic E-state index is -0.413. The Hall–Kier alpha value is -3.45. The number of nitrogens with one attached hydrogen (secondary N) is 1. The maximum Gasteiger partial charge on any atom is 0.266 e. The zero-order chi connectivity index (χ0) is 23.9. The van der Waals surface area contributed by atoms with Gasteiger partial charge in [0.1, 0.15) is 5.82 Å². The van der Waals surface area contributed by atoms with Crippen molar-refractivity contribution in [2.75, 3.05) is 5.75 Å². The van der Waals surface area contributed by atoms with Crippen molar-refractivity contribution in [1.82, 2.24) is 14.9 Å². The summed E-state index contributed by atoms with van der Waals surface area (Å²) >= 11 is 1.44. The molecule has 0 aliphatic rings. The minimum absolute atomic E-state index is 0.0156. The monoisotopic (exact) mass is 475 g/mol. The highest BCUT2D eigenvalue weighted by Gasteiger charge is 2.14. The van der Waals surface area contributed by atoms with Crippen LogP contribution in [0, 0.1) is 5.82 Å². The number of rotatable bonds is 9. The molecule has 3 aromatic carbocycles. The van der Waals surface area contributed by atoms with Gasteiger partial charge in [-0.2, -0.15) is 0 Å². The first-order valence-corrected chi connectivity index (χ1v) is 12.3. The Balaban J connectivity index is 1.40. The van der Waals surface area contributed by atoms with Crippen LogP contribution in [0.25, 0.3) is 16.6 Å². The Morgan fingerprint density at radius 1 is 1.03 bits per heavy atom. The molecule has 4 aromatic rings. The summed E-state index contributed by atoms with van der Waals surface area (Å²) in [6.45, 7) is 1.97. The summed E-state index contributed by atoms with van der Waals surface area (Å²) in [7, 11) is 0. The molecule has 5 nitrogen and oxygen atoms in total. The first-order valence-electron chi connectivity index (χ1n) is 11.3. The highest BCUT2D eigenvalue weighted by atomic mass is 32.2. The first-order chi connectivity index (χ1) is 16.5. The Labute approximate surface area is 202 Å². The van der Waals surface area contributed by atoms with Crippen LogP contribution in [-0.4, -0.2) is 21.2 Å². The van der Waals surface area contributed by atoms with Crippen LogP contribution in [0.15, 0.2) is 88.8 Å². The molecule has 1 unspecified atom stereocenters. The van der Waals surface area contributed by atoms with Gasteiger partial charge in [0.2, 0.25) is 5.91 Å².